The molecule has 0 saturated heterocycles. The molecule has 0 bridgehead atoms. The van der Waals surface area contributed by atoms with Crippen molar-refractivity contribution in [1.29, 1.82) is 0 Å². The number of carbonyl (C=O) groups excluding carboxylic acids is 2. The Labute approximate surface area is 430 Å². The van der Waals surface area contributed by atoms with Gasteiger partial charge in [0.25, 0.3) is 11.8 Å². The highest BCUT2D eigenvalue weighted by Crippen LogP contribution is 2.36. The number of phenolic OH excluding ortho intramolecular Hbond substituents is 2. The minimum Gasteiger partial charge on any atom is -0.508 e. The summed E-state index contributed by atoms with van der Waals surface area (Å²) in [5.74, 6) is 1.43. The molecule has 0 aliphatic carbocycles. The maximum absolute atomic E-state index is 13.8. The van der Waals surface area contributed by atoms with Crippen LogP contribution >= 0.6 is 0 Å². The van der Waals surface area contributed by atoms with Gasteiger partial charge >= 0.3 is 0 Å². The highest BCUT2D eigenvalue weighted by molar-refractivity contribution is 6.32. The molecule has 0 aromatic heterocycles. The van der Waals surface area contributed by atoms with Gasteiger partial charge in [-0.1, -0.05) is 124 Å². The van der Waals surface area contributed by atoms with Gasteiger partial charge in [0.2, 0.25) is 0 Å². The number of aromatic hydroxyl groups is 2. The van der Waals surface area contributed by atoms with Gasteiger partial charge in [0, 0.05) is 24.5 Å². The number of anilines is 2. The number of carbonyl (C=O) groups is 2. The maximum atomic E-state index is 13.8. The van der Waals surface area contributed by atoms with Crippen molar-refractivity contribution in [1.82, 2.24) is 9.80 Å². The Balaban J connectivity index is 0.000000235. The van der Waals surface area contributed by atoms with Crippen molar-refractivity contribution in [3.8, 4) is 23.0 Å². The third-order valence-electron chi connectivity index (χ3n) is 12.1. The highest BCUT2D eigenvalue weighted by Gasteiger charge is 2.21. The van der Waals surface area contributed by atoms with Gasteiger partial charge in [0.15, 0.2) is 0 Å². The van der Waals surface area contributed by atoms with Gasteiger partial charge < -0.3 is 40.1 Å². The Morgan fingerprint density at radius 3 is 1.37 bits per heavy atom. The quantitative estimate of drug-likeness (QED) is 0.0495. The van der Waals surface area contributed by atoms with Crippen molar-refractivity contribution in [3.63, 3.8) is 0 Å². The molecule has 8 aromatic carbocycles. The minimum absolute atomic E-state index is 0. The standard InChI is InChI=1S/2C31H32N2O3.CH4/c1-4-27(29-11-7-9-22-8-5-6-10-28(22)29)30(23-12-16-25(34)17-13-23)31(35)32-24-14-18-26(19-15-24)36-21-20-33(2)3;1-4-29(25-10-9-22-7-5-6-8-24(22)21-25)30(23-11-15-27(34)16-12-23)31(35)32-26-13-17-28(18-14-26)36-20-19-33(2)3;/h5-19,34H,4,20-21H2,1-3H3,(H,32,35);5-18,21,34H,4,19-20H2,1-3H3,(H,32,35);1H4/b30-27+;30-29+;. The summed E-state index contributed by atoms with van der Waals surface area (Å²) in [5.41, 5.74) is 7.94. The average molecular weight is 977 g/mol. The molecule has 10 nitrogen and oxygen atoms in total. The first-order valence-corrected chi connectivity index (χ1v) is 24.3. The molecule has 10 heteroatoms. The molecule has 0 atom stereocenters. The molecule has 0 heterocycles. The molecular formula is C63H68N4O6. The van der Waals surface area contributed by atoms with E-state index >= 15 is 0 Å². The molecule has 73 heavy (non-hydrogen) atoms. The van der Waals surface area contributed by atoms with Crippen LogP contribution in [0.1, 0.15) is 56.4 Å². The van der Waals surface area contributed by atoms with E-state index in [-0.39, 0.29) is 30.7 Å². The second-order valence-corrected chi connectivity index (χ2v) is 17.9. The largest absolute Gasteiger partial charge is 0.508 e. The minimum atomic E-state index is -0.202. The first-order valence-electron chi connectivity index (χ1n) is 24.3. The molecule has 2 amide bonds. The summed E-state index contributed by atoms with van der Waals surface area (Å²) in [5, 5.41) is 30.3. The number of fused-ring (bicyclic) bond motifs is 2. The van der Waals surface area contributed by atoms with Gasteiger partial charge in [-0.05, 0) is 175 Å². The Morgan fingerprint density at radius 1 is 0.466 bits per heavy atom. The van der Waals surface area contributed by atoms with Crippen molar-refractivity contribution in [2.75, 3.05) is 65.1 Å². The van der Waals surface area contributed by atoms with E-state index in [4.69, 9.17) is 9.47 Å². The molecule has 0 radical (unpaired) electrons. The number of phenols is 2. The van der Waals surface area contributed by atoms with Gasteiger partial charge in [0.05, 0.1) is 11.1 Å². The number of hydrogen-bond donors (Lipinski definition) is 4. The van der Waals surface area contributed by atoms with Gasteiger partial charge in [-0.15, -0.1) is 0 Å². The molecule has 0 spiro atoms. The zero-order valence-corrected chi connectivity index (χ0v) is 42.0. The monoisotopic (exact) mass is 977 g/mol. The molecule has 0 saturated carbocycles. The molecule has 376 valence electrons. The Morgan fingerprint density at radius 2 is 0.890 bits per heavy atom. The van der Waals surface area contributed by atoms with Gasteiger partial charge in [-0.2, -0.15) is 0 Å². The lowest BCUT2D eigenvalue weighted by Crippen LogP contribution is -2.19. The summed E-state index contributed by atoms with van der Waals surface area (Å²) >= 11 is 0. The summed E-state index contributed by atoms with van der Waals surface area (Å²) < 4.78 is 11.5. The molecule has 0 fully saturated rings. The summed E-state index contributed by atoms with van der Waals surface area (Å²) in [6, 6.07) is 57.2. The number of nitrogens with one attached hydrogen (secondary N) is 2. The SMILES string of the molecule is C.CC/C(=C(\C(=O)Nc1ccc(OCCN(C)C)cc1)c1ccc(O)cc1)c1ccc2ccccc2c1.CC/C(=C(\C(=O)Nc1ccc(OCCN(C)C)cc1)c1ccc(O)cc1)c1cccc2ccccc12. The fourth-order valence-corrected chi connectivity index (χ4v) is 8.38. The van der Waals surface area contributed by atoms with Crippen LogP contribution in [0.25, 0.3) is 43.8 Å². The van der Waals surface area contributed by atoms with E-state index in [0.29, 0.717) is 48.6 Å². The molecule has 0 aliphatic heterocycles. The van der Waals surface area contributed by atoms with Crippen molar-refractivity contribution in [3.05, 3.63) is 204 Å². The van der Waals surface area contributed by atoms with Crippen molar-refractivity contribution < 1.29 is 29.3 Å². The Bertz CT molecular complexity index is 3130. The lowest BCUT2D eigenvalue weighted by atomic mass is 9.89. The normalized spacial score (nSPS) is 11.7. The second-order valence-electron chi connectivity index (χ2n) is 17.9. The lowest BCUT2D eigenvalue weighted by Gasteiger charge is -2.17. The number of amides is 2. The number of allylic oxidation sites excluding steroid dienone is 2. The van der Waals surface area contributed by atoms with E-state index in [9.17, 15) is 19.8 Å². The van der Waals surface area contributed by atoms with Crippen LogP contribution in [0.15, 0.2) is 182 Å². The van der Waals surface area contributed by atoms with E-state index in [1.165, 1.54) is 0 Å². The summed E-state index contributed by atoms with van der Waals surface area (Å²) in [6.07, 6.45) is 1.33. The average Bonchev–Trinajstić information content (AvgIpc) is 3.38. The molecule has 0 unspecified atom stereocenters. The van der Waals surface area contributed by atoms with E-state index < -0.39 is 0 Å². The predicted molar refractivity (Wildman–Crippen MR) is 303 cm³/mol. The fourth-order valence-electron chi connectivity index (χ4n) is 8.38. The van der Waals surface area contributed by atoms with E-state index in [2.05, 4.69) is 88.9 Å². The van der Waals surface area contributed by atoms with E-state index in [0.717, 1.165) is 79.5 Å². The highest BCUT2D eigenvalue weighted by atomic mass is 16.5. The van der Waals surface area contributed by atoms with Gasteiger partial charge in [0.1, 0.15) is 36.2 Å². The van der Waals surface area contributed by atoms with Crippen LogP contribution in [0.3, 0.4) is 0 Å². The summed E-state index contributed by atoms with van der Waals surface area (Å²) in [4.78, 5) is 31.6. The number of ether oxygens (including phenoxy) is 2. The number of nitrogens with zero attached hydrogens (tertiary/aromatic N) is 2. The van der Waals surface area contributed by atoms with Crippen molar-refractivity contribution >= 4 is 67.0 Å². The van der Waals surface area contributed by atoms with Crippen LogP contribution in [0.5, 0.6) is 23.0 Å². The first kappa shape index (κ1) is 54.2. The Hall–Kier alpha value is -8.18. The zero-order chi connectivity index (χ0) is 51.0. The zero-order valence-electron chi connectivity index (χ0n) is 42.0. The lowest BCUT2D eigenvalue weighted by molar-refractivity contribution is -0.111. The molecule has 4 N–H and O–H groups in total. The number of benzene rings is 8. The smallest absolute Gasteiger partial charge is 0.256 e. The molecule has 8 aromatic rings. The van der Waals surface area contributed by atoms with Crippen molar-refractivity contribution in [2.45, 2.75) is 34.1 Å². The number of hydrogen-bond acceptors (Lipinski definition) is 8. The Kier molecular flexibility index (Phi) is 19.5. The van der Waals surface area contributed by atoms with Gasteiger partial charge in [-0.25, -0.2) is 0 Å². The van der Waals surface area contributed by atoms with Crippen LogP contribution in [0.2, 0.25) is 0 Å². The number of rotatable bonds is 18. The van der Waals surface area contributed by atoms with E-state index in [1.807, 2.05) is 107 Å². The van der Waals surface area contributed by atoms with Gasteiger partial charge in [-0.3, -0.25) is 9.59 Å². The maximum Gasteiger partial charge on any atom is 0.256 e. The molecule has 8 rings (SSSR count). The first-order chi connectivity index (χ1) is 34.9. The van der Waals surface area contributed by atoms with E-state index in [1.54, 1.807) is 48.5 Å². The van der Waals surface area contributed by atoms with Crippen LogP contribution in [0.4, 0.5) is 11.4 Å². The van der Waals surface area contributed by atoms with Crippen LogP contribution in [-0.4, -0.2) is 86.3 Å². The van der Waals surface area contributed by atoms with Crippen molar-refractivity contribution in [2.24, 2.45) is 0 Å². The number of likely N-dealkylation sites (N-methyl/N-ethyl adjacent to an activating group) is 2. The second kappa shape index (κ2) is 26.3. The van der Waals surface area contributed by atoms with Crippen LogP contribution in [-0.2, 0) is 9.59 Å². The third-order valence-corrected chi connectivity index (χ3v) is 12.1. The molecule has 0 aliphatic rings. The predicted octanol–water partition coefficient (Wildman–Crippen LogP) is 13.5. The third kappa shape index (κ3) is 14.7. The summed E-state index contributed by atoms with van der Waals surface area (Å²) in [7, 11) is 8.02. The van der Waals surface area contributed by atoms with Crippen LogP contribution in [0, 0.1) is 0 Å². The fraction of sp³-hybridized carbons (Fsp3) is 0.206. The molecular weight excluding hydrogens is 909 g/mol. The topological polar surface area (TPSA) is 124 Å². The van der Waals surface area contributed by atoms with Crippen LogP contribution < -0.4 is 20.1 Å². The summed E-state index contributed by atoms with van der Waals surface area (Å²) in [6.45, 7) is 6.96.